The van der Waals surface area contributed by atoms with Crippen LogP contribution < -0.4 is 4.74 Å². The predicted octanol–water partition coefficient (Wildman–Crippen LogP) is 2.17. The van der Waals surface area contributed by atoms with E-state index in [4.69, 9.17) is 14.2 Å². The Morgan fingerprint density at radius 3 is 2.14 bits per heavy atom. The summed E-state index contributed by atoms with van der Waals surface area (Å²) in [5.74, 6) is -0.158. The zero-order valence-electron chi connectivity index (χ0n) is 8.61. The number of benzene rings is 1. The zero-order valence-corrected chi connectivity index (χ0v) is 8.61. The highest BCUT2D eigenvalue weighted by molar-refractivity contribution is 5.23. The molecule has 1 unspecified atom stereocenters. The van der Waals surface area contributed by atoms with E-state index in [2.05, 4.69) is 0 Å². The highest BCUT2D eigenvalue weighted by Crippen LogP contribution is 2.48. The number of hydrogen-bond acceptors (Lipinski definition) is 3. The molecule has 1 heterocycles. The van der Waals surface area contributed by atoms with Gasteiger partial charge in [0.2, 0.25) is 0 Å². The first-order valence-electron chi connectivity index (χ1n) is 4.59. The second-order valence-electron chi connectivity index (χ2n) is 3.79. The maximum absolute atomic E-state index is 5.63. The summed E-state index contributed by atoms with van der Waals surface area (Å²) in [6, 6.07) is 9.50. The van der Waals surface area contributed by atoms with Crippen LogP contribution in [0.25, 0.3) is 0 Å². The van der Waals surface area contributed by atoms with Crippen LogP contribution in [-0.2, 0) is 9.47 Å². The Morgan fingerprint density at radius 1 is 1.14 bits per heavy atom. The van der Waals surface area contributed by atoms with Gasteiger partial charge >= 0.3 is 5.97 Å². The van der Waals surface area contributed by atoms with Crippen molar-refractivity contribution in [1.82, 2.24) is 0 Å². The molecule has 1 aliphatic rings. The molecule has 0 bridgehead atoms. The van der Waals surface area contributed by atoms with Crippen LogP contribution in [0.1, 0.15) is 13.8 Å². The Morgan fingerprint density at radius 2 is 1.71 bits per heavy atom. The lowest BCUT2D eigenvalue weighted by atomic mass is 10.2. The van der Waals surface area contributed by atoms with E-state index in [1.807, 2.05) is 44.2 Å². The van der Waals surface area contributed by atoms with E-state index in [1.165, 1.54) is 0 Å². The minimum absolute atomic E-state index is 0.377. The predicted molar refractivity (Wildman–Crippen MR) is 52.0 cm³/mol. The maximum atomic E-state index is 5.63. The average molecular weight is 194 g/mol. The number of epoxide rings is 1. The molecule has 1 aromatic rings. The molecule has 0 amide bonds. The van der Waals surface area contributed by atoms with E-state index in [0.29, 0.717) is 0 Å². The molecule has 14 heavy (non-hydrogen) atoms. The molecule has 0 aromatic heterocycles. The van der Waals surface area contributed by atoms with Crippen molar-refractivity contribution in [2.45, 2.75) is 25.4 Å². The number of methoxy groups -OCH3 is 1. The van der Waals surface area contributed by atoms with E-state index in [0.717, 1.165) is 5.75 Å². The molecule has 0 saturated carbocycles. The molecule has 2 rings (SSSR count). The van der Waals surface area contributed by atoms with Crippen LogP contribution in [0.4, 0.5) is 0 Å². The van der Waals surface area contributed by atoms with Gasteiger partial charge < -0.3 is 9.47 Å². The van der Waals surface area contributed by atoms with Crippen molar-refractivity contribution in [2.75, 3.05) is 7.11 Å². The molecule has 0 radical (unpaired) electrons. The summed E-state index contributed by atoms with van der Waals surface area (Å²) in [5.41, 5.74) is -0.377. The largest absolute Gasteiger partial charge is 0.437 e. The van der Waals surface area contributed by atoms with Crippen molar-refractivity contribution in [1.29, 1.82) is 0 Å². The van der Waals surface area contributed by atoms with Gasteiger partial charge in [-0.2, -0.15) is 0 Å². The standard InChI is InChI=1S/C11H14O3/c1-10(2)11(12-3,14-10)13-9-7-5-4-6-8-9/h4-8H,1-3H3. The lowest BCUT2D eigenvalue weighted by Gasteiger charge is -2.14. The summed E-state index contributed by atoms with van der Waals surface area (Å²) in [7, 11) is 1.58. The smallest absolute Gasteiger partial charge is 0.358 e. The molecule has 1 aromatic carbocycles. The van der Waals surface area contributed by atoms with Crippen molar-refractivity contribution >= 4 is 0 Å². The average Bonchev–Trinajstić information content (AvgIpc) is 2.70. The summed E-state index contributed by atoms with van der Waals surface area (Å²) in [6.45, 7) is 3.86. The normalized spacial score (nSPS) is 28.5. The summed E-state index contributed by atoms with van der Waals surface area (Å²) in [6.07, 6.45) is 0. The second kappa shape index (κ2) is 2.97. The van der Waals surface area contributed by atoms with E-state index in [-0.39, 0.29) is 5.60 Å². The van der Waals surface area contributed by atoms with E-state index >= 15 is 0 Å². The molecular formula is C11H14O3. The molecule has 3 nitrogen and oxygen atoms in total. The van der Waals surface area contributed by atoms with Crippen LogP contribution in [0.5, 0.6) is 5.75 Å². The third kappa shape index (κ3) is 1.38. The van der Waals surface area contributed by atoms with Gasteiger partial charge in [0.1, 0.15) is 5.75 Å². The van der Waals surface area contributed by atoms with Crippen LogP contribution >= 0.6 is 0 Å². The van der Waals surface area contributed by atoms with Gasteiger partial charge in [0, 0.05) is 7.11 Å². The van der Waals surface area contributed by atoms with E-state index < -0.39 is 5.97 Å². The molecule has 1 saturated heterocycles. The lowest BCUT2D eigenvalue weighted by molar-refractivity contribution is -0.156. The van der Waals surface area contributed by atoms with Crippen molar-refractivity contribution < 1.29 is 14.2 Å². The highest BCUT2D eigenvalue weighted by atomic mass is 17.0. The minimum atomic E-state index is -0.908. The Hall–Kier alpha value is -1.06. The van der Waals surface area contributed by atoms with Gasteiger partial charge in [-0.25, -0.2) is 0 Å². The third-order valence-electron chi connectivity index (χ3n) is 2.35. The van der Waals surface area contributed by atoms with Gasteiger partial charge in [-0.3, -0.25) is 4.74 Å². The van der Waals surface area contributed by atoms with E-state index in [9.17, 15) is 0 Å². The molecule has 0 N–H and O–H groups in total. The molecule has 3 heteroatoms. The molecule has 76 valence electrons. The van der Waals surface area contributed by atoms with Crippen LogP contribution in [-0.4, -0.2) is 18.7 Å². The fourth-order valence-electron chi connectivity index (χ4n) is 1.43. The SMILES string of the molecule is COC1(Oc2ccccc2)OC1(C)C. The van der Waals surface area contributed by atoms with Crippen LogP contribution in [0.3, 0.4) is 0 Å². The summed E-state index contributed by atoms with van der Waals surface area (Å²) < 4.78 is 16.3. The summed E-state index contributed by atoms with van der Waals surface area (Å²) in [5, 5.41) is 0. The Bertz CT molecular complexity index is 321. The number of para-hydroxylation sites is 1. The first kappa shape index (κ1) is 9.49. The Kier molecular flexibility index (Phi) is 2.01. The highest BCUT2D eigenvalue weighted by Gasteiger charge is 2.69. The van der Waals surface area contributed by atoms with Crippen LogP contribution in [0.2, 0.25) is 0 Å². The molecule has 0 aliphatic carbocycles. The number of hydrogen-bond donors (Lipinski definition) is 0. The van der Waals surface area contributed by atoms with Gasteiger partial charge in [-0.1, -0.05) is 18.2 Å². The molecule has 1 aliphatic heterocycles. The maximum Gasteiger partial charge on any atom is 0.358 e. The van der Waals surface area contributed by atoms with Gasteiger partial charge in [0.05, 0.1) is 0 Å². The summed E-state index contributed by atoms with van der Waals surface area (Å²) >= 11 is 0. The Balaban J connectivity index is 2.12. The van der Waals surface area contributed by atoms with Gasteiger partial charge in [-0.05, 0) is 26.0 Å². The Labute approximate surface area is 83.6 Å². The molecular weight excluding hydrogens is 180 g/mol. The van der Waals surface area contributed by atoms with E-state index in [1.54, 1.807) is 7.11 Å². The van der Waals surface area contributed by atoms with Gasteiger partial charge in [0.25, 0.3) is 0 Å². The van der Waals surface area contributed by atoms with Crippen molar-refractivity contribution in [3.8, 4) is 5.75 Å². The third-order valence-corrected chi connectivity index (χ3v) is 2.35. The van der Waals surface area contributed by atoms with Gasteiger partial charge in [-0.15, -0.1) is 0 Å². The summed E-state index contributed by atoms with van der Waals surface area (Å²) in [4.78, 5) is 0. The fourth-order valence-corrected chi connectivity index (χ4v) is 1.43. The van der Waals surface area contributed by atoms with Crippen molar-refractivity contribution in [2.24, 2.45) is 0 Å². The second-order valence-corrected chi connectivity index (χ2v) is 3.79. The minimum Gasteiger partial charge on any atom is -0.437 e. The van der Waals surface area contributed by atoms with Crippen molar-refractivity contribution in [3.63, 3.8) is 0 Å². The van der Waals surface area contributed by atoms with Crippen molar-refractivity contribution in [3.05, 3.63) is 30.3 Å². The first-order chi connectivity index (χ1) is 6.60. The quantitative estimate of drug-likeness (QED) is 0.546. The lowest BCUT2D eigenvalue weighted by Crippen LogP contribution is -2.30. The fraction of sp³-hybridized carbons (Fsp3) is 0.455. The van der Waals surface area contributed by atoms with Crippen LogP contribution in [0.15, 0.2) is 30.3 Å². The molecule has 1 fully saturated rings. The van der Waals surface area contributed by atoms with Gasteiger partial charge in [0.15, 0.2) is 5.60 Å². The molecule has 0 spiro atoms. The molecule has 1 atom stereocenters. The zero-order chi connectivity index (χ0) is 10.2. The van der Waals surface area contributed by atoms with Crippen LogP contribution in [0, 0.1) is 0 Å². The first-order valence-corrected chi connectivity index (χ1v) is 4.59. The monoisotopic (exact) mass is 194 g/mol. The number of rotatable bonds is 3. The topological polar surface area (TPSA) is 31.0 Å². The number of ether oxygens (including phenoxy) is 3.